The van der Waals surface area contributed by atoms with Gasteiger partial charge >= 0.3 is 0 Å². The summed E-state index contributed by atoms with van der Waals surface area (Å²) in [7, 11) is 0. The number of hydrogen-bond donors (Lipinski definition) is 2. The molecule has 24 heavy (non-hydrogen) atoms. The van der Waals surface area contributed by atoms with Gasteiger partial charge in [-0.2, -0.15) is 5.10 Å². The van der Waals surface area contributed by atoms with Crippen LogP contribution in [-0.4, -0.2) is 11.2 Å². The smallest absolute Gasteiger partial charge is 0.186 e. The number of halogens is 4. The molecule has 0 atom stereocenters. The number of aromatic amines is 1. The number of anilines is 1. The SMILES string of the molecule is CCc1cccc2c(C=NNc3c(F)c(F)cc(F)c3F)c[nH]c12. The van der Waals surface area contributed by atoms with Crippen LogP contribution in [0.2, 0.25) is 0 Å². The molecule has 0 radical (unpaired) electrons. The second-order valence-corrected chi connectivity index (χ2v) is 5.15. The molecule has 3 rings (SSSR count). The van der Waals surface area contributed by atoms with Crippen LogP contribution in [-0.2, 0) is 6.42 Å². The Bertz CT molecular complexity index is 905. The van der Waals surface area contributed by atoms with E-state index in [2.05, 4.69) is 10.1 Å². The summed E-state index contributed by atoms with van der Waals surface area (Å²) >= 11 is 0. The monoisotopic (exact) mass is 335 g/mol. The Morgan fingerprint density at radius 3 is 2.50 bits per heavy atom. The van der Waals surface area contributed by atoms with E-state index in [1.165, 1.54) is 6.21 Å². The summed E-state index contributed by atoms with van der Waals surface area (Å²) in [6.07, 6.45) is 3.85. The zero-order valence-corrected chi connectivity index (χ0v) is 12.6. The van der Waals surface area contributed by atoms with Crippen molar-refractivity contribution in [3.8, 4) is 0 Å². The number of rotatable bonds is 4. The lowest BCUT2D eigenvalue weighted by molar-refractivity contribution is 0.458. The zero-order chi connectivity index (χ0) is 17.3. The number of nitrogens with zero attached hydrogens (tertiary/aromatic N) is 1. The maximum Gasteiger partial charge on any atom is 0.186 e. The van der Waals surface area contributed by atoms with E-state index < -0.39 is 29.0 Å². The fourth-order valence-corrected chi connectivity index (χ4v) is 2.48. The van der Waals surface area contributed by atoms with Crippen LogP contribution in [0.1, 0.15) is 18.1 Å². The van der Waals surface area contributed by atoms with Crippen molar-refractivity contribution >= 4 is 22.8 Å². The Morgan fingerprint density at radius 1 is 1.12 bits per heavy atom. The van der Waals surface area contributed by atoms with Crippen LogP contribution in [0, 0.1) is 23.3 Å². The maximum absolute atomic E-state index is 13.5. The van der Waals surface area contributed by atoms with E-state index in [0.717, 1.165) is 22.9 Å². The lowest BCUT2D eigenvalue weighted by Gasteiger charge is -2.05. The first kappa shape index (κ1) is 16.0. The molecular weight excluding hydrogens is 322 g/mol. The predicted octanol–water partition coefficient (Wildman–Crippen LogP) is 4.73. The number of hydrazone groups is 1. The Kier molecular flexibility index (Phi) is 4.24. The van der Waals surface area contributed by atoms with Gasteiger partial charge in [0.2, 0.25) is 0 Å². The summed E-state index contributed by atoms with van der Waals surface area (Å²) in [5, 5.41) is 4.57. The Labute approximate surface area is 135 Å². The van der Waals surface area contributed by atoms with Crippen molar-refractivity contribution < 1.29 is 17.6 Å². The molecule has 0 spiro atoms. The van der Waals surface area contributed by atoms with Crippen molar-refractivity contribution in [1.29, 1.82) is 0 Å². The van der Waals surface area contributed by atoms with Gasteiger partial charge in [-0.05, 0) is 12.0 Å². The average molecular weight is 335 g/mol. The number of hydrogen-bond acceptors (Lipinski definition) is 2. The second kappa shape index (κ2) is 6.35. The van der Waals surface area contributed by atoms with Crippen LogP contribution in [0.15, 0.2) is 35.6 Å². The lowest BCUT2D eigenvalue weighted by atomic mass is 10.1. The van der Waals surface area contributed by atoms with Crippen LogP contribution in [0.25, 0.3) is 10.9 Å². The molecule has 2 N–H and O–H groups in total. The molecule has 0 saturated carbocycles. The number of fused-ring (bicyclic) bond motifs is 1. The van der Waals surface area contributed by atoms with Crippen molar-refractivity contribution in [2.75, 3.05) is 5.43 Å². The highest BCUT2D eigenvalue weighted by atomic mass is 19.2. The van der Waals surface area contributed by atoms with Gasteiger partial charge in [0.15, 0.2) is 23.3 Å². The largest absolute Gasteiger partial charge is 0.360 e. The summed E-state index contributed by atoms with van der Waals surface area (Å²) < 4.78 is 53.3. The summed E-state index contributed by atoms with van der Waals surface area (Å²) in [5.41, 5.74) is 3.77. The van der Waals surface area contributed by atoms with E-state index in [-0.39, 0.29) is 6.07 Å². The first-order valence-electron chi connectivity index (χ1n) is 7.24. The highest BCUT2D eigenvalue weighted by Crippen LogP contribution is 2.24. The van der Waals surface area contributed by atoms with Gasteiger partial charge < -0.3 is 4.98 Å². The molecule has 7 heteroatoms. The first-order chi connectivity index (χ1) is 11.5. The molecule has 0 saturated heterocycles. The molecule has 0 aliphatic carbocycles. The third-order valence-corrected chi connectivity index (χ3v) is 3.71. The molecule has 3 nitrogen and oxygen atoms in total. The van der Waals surface area contributed by atoms with Crippen molar-refractivity contribution in [2.24, 2.45) is 5.10 Å². The van der Waals surface area contributed by atoms with Gasteiger partial charge in [0.05, 0.1) is 6.21 Å². The molecule has 0 aliphatic rings. The number of nitrogens with one attached hydrogen (secondary N) is 2. The summed E-state index contributed by atoms with van der Waals surface area (Å²) in [6.45, 7) is 2.02. The van der Waals surface area contributed by atoms with Gasteiger partial charge in [-0.25, -0.2) is 17.6 Å². The van der Waals surface area contributed by atoms with Crippen molar-refractivity contribution in [3.63, 3.8) is 0 Å². The molecule has 2 aromatic carbocycles. The van der Waals surface area contributed by atoms with Gasteiger partial charge in [0.1, 0.15) is 5.69 Å². The third kappa shape index (κ3) is 2.73. The summed E-state index contributed by atoms with van der Waals surface area (Å²) in [6, 6.07) is 5.89. The summed E-state index contributed by atoms with van der Waals surface area (Å²) in [5.74, 6) is -6.05. The lowest BCUT2D eigenvalue weighted by Crippen LogP contribution is -2.02. The van der Waals surface area contributed by atoms with Crippen LogP contribution in [0.3, 0.4) is 0 Å². The number of benzene rings is 2. The normalized spacial score (nSPS) is 11.5. The van der Waals surface area contributed by atoms with Gasteiger partial charge in [-0.1, -0.05) is 25.1 Å². The van der Waals surface area contributed by atoms with Crippen LogP contribution in [0.5, 0.6) is 0 Å². The molecule has 0 unspecified atom stereocenters. The summed E-state index contributed by atoms with van der Waals surface area (Å²) in [4.78, 5) is 3.11. The minimum absolute atomic E-state index is 0.144. The predicted molar refractivity (Wildman–Crippen MR) is 85.2 cm³/mol. The molecule has 0 bridgehead atoms. The van der Waals surface area contributed by atoms with Gasteiger partial charge in [-0.15, -0.1) is 0 Å². The van der Waals surface area contributed by atoms with E-state index in [1.807, 2.05) is 30.5 Å². The fraction of sp³-hybridized carbons (Fsp3) is 0.118. The van der Waals surface area contributed by atoms with E-state index in [1.54, 1.807) is 6.20 Å². The zero-order valence-electron chi connectivity index (χ0n) is 12.6. The Morgan fingerprint density at radius 2 is 1.83 bits per heavy atom. The van der Waals surface area contributed by atoms with Crippen molar-refractivity contribution in [2.45, 2.75) is 13.3 Å². The van der Waals surface area contributed by atoms with Crippen LogP contribution in [0.4, 0.5) is 23.2 Å². The number of H-pyrrole nitrogens is 1. The minimum Gasteiger partial charge on any atom is -0.360 e. The standard InChI is InChI=1S/C17H13F4N3/c1-2-9-4-3-5-11-10(7-22-16(9)11)8-23-24-17-14(20)12(18)6-13(19)15(17)21/h3-8,22,24H,2H2,1H3. The van der Waals surface area contributed by atoms with Crippen LogP contribution >= 0.6 is 0 Å². The molecule has 0 fully saturated rings. The topological polar surface area (TPSA) is 40.2 Å². The third-order valence-electron chi connectivity index (χ3n) is 3.71. The number of aryl methyl sites for hydroxylation is 1. The average Bonchev–Trinajstić information content (AvgIpc) is 2.99. The van der Waals surface area contributed by atoms with Crippen LogP contribution < -0.4 is 5.43 Å². The molecule has 124 valence electrons. The Hall–Kier alpha value is -2.83. The fourth-order valence-electron chi connectivity index (χ4n) is 2.48. The van der Waals surface area contributed by atoms with Gasteiger partial charge in [0.25, 0.3) is 0 Å². The van der Waals surface area contributed by atoms with E-state index >= 15 is 0 Å². The van der Waals surface area contributed by atoms with E-state index in [9.17, 15) is 17.6 Å². The number of aromatic nitrogens is 1. The first-order valence-corrected chi connectivity index (χ1v) is 7.24. The second-order valence-electron chi connectivity index (χ2n) is 5.15. The molecule has 3 aromatic rings. The molecular formula is C17H13F4N3. The highest BCUT2D eigenvalue weighted by molar-refractivity contribution is 6.00. The quantitative estimate of drug-likeness (QED) is 0.308. The number of para-hydroxylation sites is 1. The van der Waals surface area contributed by atoms with E-state index in [4.69, 9.17) is 0 Å². The molecule has 1 heterocycles. The Balaban J connectivity index is 1.91. The van der Waals surface area contributed by atoms with Gasteiger partial charge in [0, 0.05) is 28.7 Å². The van der Waals surface area contributed by atoms with Crippen molar-refractivity contribution in [3.05, 3.63) is 64.9 Å². The highest BCUT2D eigenvalue weighted by Gasteiger charge is 2.18. The van der Waals surface area contributed by atoms with Gasteiger partial charge in [-0.3, -0.25) is 5.43 Å². The molecule has 1 aromatic heterocycles. The van der Waals surface area contributed by atoms with E-state index in [0.29, 0.717) is 5.56 Å². The molecule has 0 amide bonds. The van der Waals surface area contributed by atoms with Crippen molar-refractivity contribution in [1.82, 2.24) is 4.98 Å². The molecule has 0 aliphatic heterocycles. The minimum atomic E-state index is -1.53. The maximum atomic E-state index is 13.5.